The maximum Gasteiger partial charge on any atom is 0.225 e. The van der Waals surface area contributed by atoms with Crippen LogP contribution in [0.25, 0.3) is 32.3 Å². The second-order valence-corrected chi connectivity index (χ2v) is 16.6. The van der Waals surface area contributed by atoms with E-state index in [1.165, 1.54) is 25.6 Å². The van der Waals surface area contributed by atoms with Crippen molar-refractivity contribution in [3.8, 4) is 0 Å². The number of aromatic nitrogens is 5. The Morgan fingerprint density at radius 3 is 0.912 bits per heavy atom. The molecule has 0 fully saturated rings. The van der Waals surface area contributed by atoms with Gasteiger partial charge >= 0.3 is 0 Å². The summed E-state index contributed by atoms with van der Waals surface area (Å²) in [6.07, 6.45) is 16.5. The van der Waals surface area contributed by atoms with Crippen LogP contribution < -0.4 is 19.6 Å². The Hall–Kier alpha value is -9.23. The molecule has 0 aliphatic rings. The number of anilines is 12. The first-order valence-corrected chi connectivity index (χ1v) is 22.0. The van der Waals surface area contributed by atoms with Crippen molar-refractivity contribution >= 4 is 101 Å². The molecule has 12 rings (SSSR count). The van der Waals surface area contributed by atoms with E-state index in [-0.39, 0.29) is 0 Å². The van der Waals surface area contributed by atoms with E-state index in [1.807, 2.05) is 48.7 Å². The van der Waals surface area contributed by atoms with Crippen LogP contribution in [-0.4, -0.2) is 24.9 Å². The molecule has 12 aromatic rings. The number of benzene rings is 7. The normalized spacial score (nSPS) is 11.5. The van der Waals surface area contributed by atoms with Gasteiger partial charge in [-0.15, -0.1) is 0 Å². The molecular formula is C55H41N9O4. The molecule has 0 atom stereocenters. The van der Waals surface area contributed by atoms with Crippen molar-refractivity contribution in [3.05, 3.63) is 200 Å². The number of hydrogen-bond acceptors (Lipinski definition) is 13. The fourth-order valence-corrected chi connectivity index (χ4v) is 9.54. The number of hydrogen-bond donors (Lipinski definition) is 0. The molecule has 68 heavy (non-hydrogen) atoms. The first-order valence-electron chi connectivity index (χ1n) is 22.0. The largest absolute Gasteiger partial charge is 0.427 e. The van der Waals surface area contributed by atoms with E-state index in [9.17, 15) is 0 Å². The van der Waals surface area contributed by atoms with Gasteiger partial charge in [-0.2, -0.15) is 0 Å². The highest BCUT2D eigenvalue weighted by Crippen LogP contribution is 2.55. The Morgan fingerprint density at radius 2 is 0.618 bits per heavy atom. The number of aryl methyl sites for hydroxylation is 4. The van der Waals surface area contributed by atoms with E-state index in [4.69, 9.17) is 17.7 Å². The average molecular weight is 892 g/mol. The van der Waals surface area contributed by atoms with Gasteiger partial charge in [0.25, 0.3) is 0 Å². The smallest absolute Gasteiger partial charge is 0.225 e. The maximum absolute atomic E-state index is 6.25. The quantitative estimate of drug-likeness (QED) is 0.108. The van der Waals surface area contributed by atoms with Crippen molar-refractivity contribution in [1.29, 1.82) is 0 Å². The average Bonchev–Trinajstić information content (AvgIpc) is 4.23. The lowest BCUT2D eigenvalue weighted by Gasteiger charge is -2.33. The molecule has 0 saturated carbocycles. The summed E-state index contributed by atoms with van der Waals surface area (Å²) in [6, 6.07) is 40.0. The molecule has 0 bridgehead atoms. The molecule has 330 valence electrons. The Bertz CT molecular complexity index is 3240. The Morgan fingerprint density at radius 1 is 0.309 bits per heavy atom. The van der Waals surface area contributed by atoms with Crippen LogP contribution in [0.3, 0.4) is 0 Å². The van der Waals surface area contributed by atoms with Crippen molar-refractivity contribution in [3.63, 3.8) is 0 Å². The molecule has 13 nitrogen and oxygen atoms in total. The summed E-state index contributed by atoms with van der Waals surface area (Å²) in [4.78, 5) is 30.9. The standard InChI is InChI=1S/C55H41N9O4/c1-34-11-5-8-14-42(34)61(50-26-57-30-65-50)45-23-46(62(51-27-58-31-66-51)43-15-9-6-12-35(43)2)39-19-20-41-48(64(53-29-60-33-68-53)49-25-56-22-21-37(49)4)24-47(40-18-17-38(45)54(39)55(40)41)63(52-28-59-32-67-52)44-16-10-7-13-36(44)3/h5-33H,1-4H3. The molecule has 0 aliphatic heterocycles. The number of para-hydroxylation sites is 3. The summed E-state index contributed by atoms with van der Waals surface area (Å²) in [5, 5.41) is 5.76. The lowest BCUT2D eigenvalue weighted by molar-refractivity contribution is 0.563. The lowest BCUT2D eigenvalue weighted by Crippen LogP contribution is -2.16. The van der Waals surface area contributed by atoms with Gasteiger partial charge in [0.1, 0.15) is 0 Å². The van der Waals surface area contributed by atoms with Crippen molar-refractivity contribution in [2.24, 2.45) is 0 Å². The molecule has 5 heterocycles. The number of rotatable bonds is 12. The minimum absolute atomic E-state index is 0.512. The molecule has 0 spiro atoms. The summed E-state index contributed by atoms with van der Waals surface area (Å²) >= 11 is 0. The van der Waals surface area contributed by atoms with Gasteiger partial charge < -0.3 is 17.7 Å². The van der Waals surface area contributed by atoms with Crippen molar-refractivity contribution < 1.29 is 17.7 Å². The zero-order chi connectivity index (χ0) is 45.9. The van der Waals surface area contributed by atoms with Crippen LogP contribution >= 0.6 is 0 Å². The van der Waals surface area contributed by atoms with Gasteiger partial charge in [-0.05, 0) is 86.3 Å². The van der Waals surface area contributed by atoms with Crippen LogP contribution in [0.1, 0.15) is 22.3 Å². The van der Waals surface area contributed by atoms with E-state index >= 15 is 0 Å². The summed E-state index contributed by atoms with van der Waals surface area (Å²) in [5.41, 5.74) is 11.0. The van der Waals surface area contributed by atoms with Gasteiger partial charge in [0, 0.05) is 38.5 Å². The molecule has 0 N–H and O–H groups in total. The number of pyridine rings is 1. The molecule has 13 heteroatoms. The first kappa shape index (κ1) is 40.3. The second-order valence-electron chi connectivity index (χ2n) is 16.6. The van der Waals surface area contributed by atoms with E-state index in [0.29, 0.717) is 23.5 Å². The highest BCUT2D eigenvalue weighted by atomic mass is 16.4. The Balaban J connectivity index is 1.29. The topological polar surface area (TPSA) is 130 Å². The molecule has 0 amide bonds. The zero-order valence-corrected chi connectivity index (χ0v) is 37.4. The maximum atomic E-state index is 6.25. The zero-order valence-electron chi connectivity index (χ0n) is 37.4. The summed E-state index contributed by atoms with van der Waals surface area (Å²) in [7, 11) is 0. The highest BCUT2D eigenvalue weighted by molar-refractivity contribution is 6.33. The predicted octanol–water partition coefficient (Wildman–Crippen LogP) is 15.0. The number of nitrogens with zero attached hydrogens (tertiary/aromatic N) is 9. The van der Waals surface area contributed by atoms with Gasteiger partial charge in [-0.1, -0.05) is 78.9 Å². The summed E-state index contributed by atoms with van der Waals surface area (Å²) in [5.74, 6) is 2.14. The highest BCUT2D eigenvalue weighted by Gasteiger charge is 2.32. The van der Waals surface area contributed by atoms with Crippen LogP contribution in [-0.2, 0) is 0 Å². The van der Waals surface area contributed by atoms with Gasteiger partial charge in [-0.3, -0.25) is 24.6 Å². The summed E-state index contributed by atoms with van der Waals surface area (Å²) < 4.78 is 25.0. The third-order valence-corrected chi connectivity index (χ3v) is 12.7. The van der Waals surface area contributed by atoms with Gasteiger partial charge in [0.05, 0.1) is 76.5 Å². The van der Waals surface area contributed by atoms with Crippen molar-refractivity contribution in [2.45, 2.75) is 27.7 Å². The molecule has 0 saturated heterocycles. The third kappa shape index (κ3) is 6.50. The molecule has 7 aromatic carbocycles. The van der Waals surface area contributed by atoms with E-state index < -0.39 is 0 Å². The minimum Gasteiger partial charge on any atom is -0.427 e. The van der Waals surface area contributed by atoms with E-state index in [0.717, 1.165) is 100 Å². The van der Waals surface area contributed by atoms with Gasteiger partial charge in [0.2, 0.25) is 23.5 Å². The molecule has 5 aromatic heterocycles. The van der Waals surface area contributed by atoms with Crippen LogP contribution in [0, 0.1) is 27.7 Å². The van der Waals surface area contributed by atoms with Gasteiger partial charge in [0.15, 0.2) is 25.6 Å². The number of oxazole rings is 4. The minimum atomic E-state index is 0.512. The van der Waals surface area contributed by atoms with E-state index in [2.05, 4.69) is 145 Å². The molecule has 0 unspecified atom stereocenters. The first-order chi connectivity index (χ1) is 33.4. The van der Waals surface area contributed by atoms with Crippen LogP contribution in [0.4, 0.5) is 69.0 Å². The van der Waals surface area contributed by atoms with Crippen LogP contribution in [0.2, 0.25) is 0 Å². The van der Waals surface area contributed by atoms with Crippen molar-refractivity contribution in [1.82, 2.24) is 24.9 Å². The molecular weight excluding hydrogens is 851 g/mol. The Labute approximate surface area is 390 Å². The second kappa shape index (κ2) is 16.3. The monoisotopic (exact) mass is 891 g/mol. The van der Waals surface area contributed by atoms with Crippen LogP contribution in [0.15, 0.2) is 196 Å². The van der Waals surface area contributed by atoms with Crippen LogP contribution in [0.5, 0.6) is 0 Å². The van der Waals surface area contributed by atoms with E-state index in [1.54, 1.807) is 31.0 Å². The Kier molecular flexibility index (Phi) is 9.68. The third-order valence-electron chi connectivity index (χ3n) is 12.7. The lowest BCUT2D eigenvalue weighted by atomic mass is 9.89. The summed E-state index contributed by atoms with van der Waals surface area (Å²) in [6.45, 7) is 8.37. The fraction of sp³-hybridized carbons (Fsp3) is 0.0727. The molecule has 0 aliphatic carbocycles. The predicted molar refractivity (Wildman–Crippen MR) is 266 cm³/mol. The molecule has 0 radical (unpaired) electrons. The van der Waals surface area contributed by atoms with Gasteiger partial charge in [-0.25, -0.2) is 19.9 Å². The fourth-order valence-electron chi connectivity index (χ4n) is 9.54. The SMILES string of the molecule is Cc1ccccc1N(c1cnco1)c1cc(N(c2cnco2)c2ccccc2C)c2ccc3c(N(c4cnco4)c4cnccc4C)cc(N(c4cnco4)c4ccccc4C)c4ccc1c2c43. The van der Waals surface area contributed by atoms with Crippen molar-refractivity contribution in [2.75, 3.05) is 19.6 Å².